The number of carbonyl (C=O) groups excluding carboxylic acids is 1. The maximum absolute atomic E-state index is 11.7. The fourth-order valence-electron chi connectivity index (χ4n) is 1.75. The van der Waals surface area contributed by atoms with Crippen molar-refractivity contribution in [3.8, 4) is 0 Å². The van der Waals surface area contributed by atoms with Crippen molar-refractivity contribution in [2.75, 3.05) is 0 Å². The van der Waals surface area contributed by atoms with Gasteiger partial charge in [-0.05, 0) is 19.3 Å². The van der Waals surface area contributed by atoms with Crippen molar-refractivity contribution in [2.24, 2.45) is 5.92 Å². The van der Waals surface area contributed by atoms with E-state index in [1.54, 1.807) is 0 Å². The Hall–Kier alpha value is -1.63. The van der Waals surface area contributed by atoms with E-state index in [1.807, 2.05) is 6.92 Å². The number of aromatic carboxylic acids is 1. The Morgan fingerprint density at radius 1 is 1.45 bits per heavy atom. The molecule has 0 aromatic carbocycles. The van der Waals surface area contributed by atoms with Crippen LogP contribution in [0.5, 0.6) is 0 Å². The number of rotatable bonds is 7. The van der Waals surface area contributed by atoms with E-state index in [2.05, 4.69) is 29.5 Å². The highest BCUT2D eigenvalue weighted by Crippen LogP contribution is 2.10. The molecule has 0 aliphatic carbocycles. The third kappa shape index (κ3) is 5.56. The summed E-state index contributed by atoms with van der Waals surface area (Å²) in [7, 11) is 0. The van der Waals surface area contributed by atoms with Crippen LogP contribution in [0.4, 0.5) is 4.79 Å². The molecule has 0 saturated carbocycles. The predicted molar refractivity (Wildman–Crippen MR) is 78.0 cm³/mol. The van der Waals surface area contributed by atoms with E-state index < -0.39 is 5.97 Å². The SMILES string of the molecule is CCC(C)CC(C)NC(=O)NCc1nc(C(=O)O)cs1. The third-order valence-electron chi connectivity index (χ3n) is 3.00. The van der Waals surface area contributed by atoms with E-state index >= 15 is 0 Å². The zero-order valence-electron chi connectivity index (χ0n) is 12.0. The van der Waals surface area contributed by atoms with Gasteiger partial charge in [-0.2, -0.15) is 0 Å². The molecule has 0 spiro atoms. The van der Waals surface area contributed by atoms with Crippen molar-refractivity contribution in [3.63, 3.8) is 0 Å². The molecule has 1 aromatic heterocycles. The second kappa shape index (κ2) is 7.84. The lowest BCUT2D eigenvalue weighted by atomic mass is 10.0. The molecule has 2 atom stereocenters. The number of carboxylic acid groups (broad SMARTS) is 1. The van der Waals surface area contributed by atoms with Crippen molar-refractivity contribution in [1.29, 1.82) is 0 Å². The molecular formula is C13H21N3O3S. The Balaban J connectivity index is 2.33. The lowest BCUT2D eigenvalue weighted by Gasteiger charge is -2.17. The smallest absolute Gasteiger partial charge is 0.355 e. The van der Waals surface area contributed by atoms with Gasteiger partial charge in [0, 0.05) is 11.4 Å². The van der Waals surface area contributed by atoms with Gasteiger partial charge in [0.05, 0.1) is 6.54 Å². The van der Waals surface area contributed by atoms with Gasteiger partial charge in [0.1, 0.15) is 5.01 Å². The number of carboxylic acids is 1. The Bertz CT molecular complexity index is 461. The Morgan fingerprint density at radius 3 is 2.70 bits per heavy atom. The molecule has 2 amide bonds. The van der Waals surface area contributed by atoms with Gasteiger partial charge in [-0.1, -0.05) is 20.3 Å². The number of aromatic nitrogens is 1. The highest BCUT2D eigenvalue weighted by molar-refractivity contribution is 7.09. The van der Waals surface area contributed by atoms with E-state index in [9.17, 15) is 9.59 Å². The summed E-state index contributed by atoms with van der Waals surface area (Å²) in [6.07, 6.45) is 2.02. The zero-order valence-corrected chi connectivity index (χ0v) is 12.8. The first-order chi connectivity index (χ1) is 9.42. The van der Waals surface area contributed by atoms with Gasteiger partial charge in [0.25, 0.3) is 0 Å². The van der Waals surface area contributed by atoms with Crippen LogP contribution < -0.4 is 10.6 Å². The minimum Gasteiger partial charge on any atom is -0.476 e. The minimum absolute atomic E-state index is 0.0114. The van der Waals surface area contributed by atoms with Crippen molar-refractivity contribution in [1.82, 2.24) is 15.6 Å². The third-order valence-corrected chi connectivity index (χ3v) is 3.85. The minimum atomic E-state index is -1.06. The van der Waals surface area contributed by atoms with Gasteiger partial charge in [0.2, 0.25) is 0 Å². The number of hydrogen-bond acceptors (Lipinski definition) is 4. The van der Waals surface area contributed by atoms with Gasteiger partial charge < -0.3 is 15.7 Å². The van der Waals surface area contributed by atoms with Gasteiger partial charge in [-0.3, -0.25) is 0 Å². The standard InChI is InChI=1S/C13H21N3O3S/c1-4-8(2)5-9(3)15-13(19)14-6-11-16-10(7-20-11)12(17)18/h7-9H,4-6H2,1-3H3,(H,17,18)(H2,14,15,19). The van der Waals surface area contributed by atoms with E-state index in [1.165, 1.54) is 16.7 Å². The summed E-state index contributed by atoms with van der Waals surface area (Å²) in [6, 6.07) is -0.149. The summed E-state index contributed by atoms with van der Waals surface area (Å²) in [5, 5.41) is 16.3. The molecular weight excluding hydrogens is 278 g/mol. The zero-order chi connectivity index (χ0) is 15.1. The molecule has 3 N–H and O–H groups in total. The Labute approximate surface area is 122 Å². The molecule has 20 heavy (non-hydrogen) atoms. The molecule has 6 nitrogen and oxygen atoms in total. The monoisotopic (exact) mass is 299 g/mol. The normalized spacial score (nSPS) is 13.6. The topological polar surface area (TPSA) is 91.3 Å². The van der Waals surface area contributed by atoms with E-state index in [4.69, 9.17) is 5.11 Å². The van der Waals surface area contributed by atoms with Crippen LogP contribution in [0.2, 0.25) is 0 Å². The first kappa shape index (κ1) is 16.4. The molecule has 2 unspecified atom stereocenters. The van der Waals surface area contributed by atoms with E-state index in [0.29, 0.717) is 10.9 Å². The second-order valence-electron chi connectivity index (χ2n) is 4.91. The Kier molecular flexibility index (Phi) is 6.44. The van der Waals surface area contributed by atoms with Crippen molar-refractivity contribution < 1.29 is 14.7 Å². The molecule has 0 aliphatic rings. The first-order valence-corrected chi connectivity index (χ1v) is 7.52. The number of urea groups is 1. The average molecular weight is 299 g/mol. The molecule has 112 valence electrons. The van der Waals surface area contributed by atoms with Crippen LogP contribution in [-0.2, 0) is 6.54 Å². The lowest BCUT2D eigenvalue weighted by molar-refractivity contribution is 0.0691. The molecule has 0 fully saturated rings. The fourth-order valence-corrected chi connectivity index (χ4v) is 2.46. The number of hydrogen-bond donors (Lipinski definition) is 3. The van der Waals surface area contributed by atoms with E-state index in [-0.39, 0.29) is 24.3 Å². The fraction of sp³-hybridized carbons (Fsp3) is 0.615. The van der Waals surface area contributed by atoms with Crippen LogP contribution in [0.1, 0.15) is 49.1 Å². The summed E-state index contributed by atoms with van der Waals surface area (Å²) in [5.74, 6) is -0.485. The average Bonchev–Trinajstić information content (AvgIpc) is 2.85. The van der Waals surface area contributed by atoms with Crippen molar-refractivity contribution >= 4 is 23.3 Å². The maximum Gasteiger partial charge on any atom is 0.355 e. The molecule has 1 rings (SSSR count). The van der Waals surface area contributed by atoms with E-state index in [0.717, 1.165) is 12.8 Å². The number of nitrogens with one attached hydrogen (secondary N) is 2. The summed E-state index contributed by atoms with van der Waals surface area (Å²) in [5.41, 5.74) is 0.0114. The summed E-state index contributed by atoms with van der Waals surface area (Å²) < 4.78 is 0. The highest BCUT2D eigenvalue weighted by atomic mass is 32.1. The van der Waals surface area contributed by atoms with Gasteiger partial charge in [-0.25, -0.2) is 14.6 Å². The summed E-state index contributed by atoms with van der Waals surface area (Å²) >= 11 is 1.22. The number of thiazole rings is 1. The van der Waals surface area contributed by atoms with Crippen LogP contribution in [-0.4, -0.2) is 28.1 Å². The molecule has 1 aromatic rings. The lowest BCUT2D eigenvalue weighted by Crippen LogP contribution is -2.41. The van der Waals surface area contributed by atoms with Crippen molar-refractivity contribution in [2.45, 2.75) is 46.2 Å². The molecule has 0 saturated heterocycles. The van der Waals surface area contributed by atoms with Crippen LogP contribution in [0.25, 0.3) is 0 Å². The van der Waals surface area contributed by atoms with Crippen LogP contribution in [0.15, 0.2) is 5.38 Å². The van der Waals surface area contributed by atoms with Crippen LogP contribution in [0.3, 0.4) is 0 Å². The number of carbonyl (C=O) groups is 2. The maximum atomic E-state index is 11.7. The highest BCUT2D eigenvalue weighted by Gasteiger charge is 2.12. The second-order valence-corrected chi connectivity index (χ2v) is 5.85. The van der Waals surface area contributed by atoms with Crippen molar-refractivity contribution in [3.05, 3.63) is 16.1 Å². The largest absolute Gasteiger partial charge is 0.476 e. The quantitative estimate of drug-likeness (QED) is 0.721. The predicted octanol–water partition coefficient (Wildman–Crippen LogP) is 2.47. The molecule has 1 heterocycles. The number of nitrogens with zero attached hydrogens (tertiary/aromatic N) is 1. The number of amides is 2. The molecule has 0 aliphatic heterocycles. The van der Waals surface area contributed by atoms with Gasteiger partial charge in [0.15, 0.2) is 5.69 Å². The van der Waals surface area contributed by atoms with Gasteiger partial charge in [-0.15, -0.1) is 11.3 Å². The molecule has 0 bridgehead atoms. The summed E-state index contributed by atoms with van der Waals surface area (Å²) in [6.45, 7) is 6.48. The Morgan fingerprint density at radius 2 is 2.15 bits per heavy atom. The van der Waals surface area contributed by atoms with Crippen LogP contribution >= 0.6 is 11.3 Å². The summed E-state index contributed by atoms with van der Waals surface area (Å²) in [4.78, 5) is 26.2. The van der Waals surface area contributed by atoms with Gasteiger partial charge >= 0.3 is 12.0 Å². The van der Waals surface area contributed by atoms with Crippen LogP contribution in [0, 0.1) is 5.92 Å². The molecule has 0 radical (unpaired) electrons. The first-order valence-electron chi connectivity index (χ1n) is 6.64. The molecule has 7 heteroatoms.